The molecule has 4 rings (SSSR count). The summed E-state index contributed by atoms with van der Waals surface area (Å²) in [6, 6.07) is 2.08. The van der Waals surface area contributed by atoms with Gasteiger partial charge in [-0.3, -0.25) is 19.4 Å². The van der Waals surface area contributed by atoms with Crippen LogP contribution < -0.4 is 10.1 Å². The van der Waals surface area contributed by atoms with Gasteiger partial charge in [-0.05, 0) is 59.4 Å². The van der Waals surface area contributed by atoms with Crippen LogP contribution in [0.25, 0.3) is 11.3 Å². The lowest BCUT2D eigenvalue weighted by atomic mass is 9.94. The summed E-state index contributed by atoms with van der Waals surface area (Å²) in [5.74, 6) is 0.0659. The summed E-state index contributed by atoms with van der Waals surface area (Å²) in [5, 5.41) is 7.46. The van der Waals surface area contributed by atoms with E-state index in [0.717, 1.165) is 69.6 Å². The number of amides is 1. The second-order valence-electron chi connectivity index (χ2n) is 9.43. The maximum absolute atomic E-state index is 12.4. The topological polar surface area (TPSA) is 81.5 Å². The summed E-state index contributed by atoms with van der Waals surface area (Å²) in [6.07, 6.45) is 8.30. The largest absolute Gasteiger partial charge is 0.433 e. The van der Waals surface area contributed by atoms with Gasteiger partial charge in [0.25, 0.3) is 0 Å². The first-order valence-corrected chi connectivity index (χ1v) is 12.3. The second kappa shape index (κ2) is 12.9. The van der Waals surface area contributed by atoms with Gasteiger partial charge in [-0.15, -0.1) is 0 Å². The summed E-state index contributed by atoms with van der Waals surface area (Å²) in [6.45, 7) is 9.07. The van der Waals surface area contributed by atoms with Crippen molar-refractivity contribution >= 4 is 6.41 Å². The van der Waals surface area contributed by atoms with Crippen molar-refractivity contribution in [1.82, 2.24) is 25.0 Å². The number of rotatable bonds is 8. The molecule has 2 aliphatic rings. The van der Waals surface area contributed by atoms with Crippen LogP contribution in [0.5, 0.6) is 5.75 Å². The van der Waals surface area contributed by atoms with Crippen LogP contribution in [0.2, 0.25) is 0 Å². The number of nitrogens with zero attached hydrogens (tertiary/aromatic N) is 4. The third-order valence-corrected chi connectivity index (χ3v) is 6.12. The van der Waals surface area contributed by atoms with Crippen LogP contribution in [-0.4, -0.2) is 71.1 Å². The van der Waals surface area contributed by atoms with Gasteiger partial charge in [0.2, 0.25) is 6.41 Å². The fourth-order valence-electron chi connectivity index (χ4n) is 4.61. The van der Waals surface area contributed by atoms with Crippen molar-refractivity contribution in [2.24, 2.45) is 0 Å². The fourth-order valence-corrected chi connectivity index (χ4v) is 4.61. The Labute approximate surface area is 206 Å². The molecule has 0 bridgehead atoms. The monoisotopic (exact) mass is 493 g/mol. The van der Waals surface area contributed by atoms with E-state index in [0.29, 0.717) is 6.10 Å². The quantitative estimate of drug-likeness (QED) is 0.563. The zero-order valence-corrected chi connectivity index (χ0v) is 21.0. The van der Waals surface area contributed by atoms with Crippen LogP contribution in [0.3, 0.4) is 0 Å². The van der Waals surface area contributed by atoms with Gasteiger partial charge >= 0.3 is 6.61 Å². The van der Waals surface area contributed by atoms with Crippen molar-refractivity contribution in [3.05, 3.63) is 29.7 Å². The molecule has 0 radical (unpaired) electrons. The number of carbonyl (C=O) groups is 1. The molecule has 2 unspecified atom stereocenters. The van der Waals surface area contributed by atoms with Gasteiger partial charge < -0.3 is 14.8 Å². The van der Waals surface area contributed by atoms with Crippen LogP contribution in [0.1, 0.15) is 57.8 Å². The zero-order valence-electron chi connectivity index (χ0n) is 21.0. The number of hydrogen-bond acceptors (Lipinski definition) is 6. The second-order valence-corrected chi connectivity index (χ2v) is 9.43. The molecule has 1 amide bonds. The molecule has 1 aliphatic heterocycles. The lowest BCUT2D eigenvalue weighted by molar-refractivity contribution is -0.110. The van der Waals surface area contributed by atoms with Crippen molar-refractivity contribution < 1.29 is 23.0 Å². The molecule has 3 heterocycles. The summed E-state index contributed by atoms with van der Waals surface area (Å²) in [5.41, 5.74) is 4.05. The molecule has 35 heavy (non-hydrogen) atoms. The Kier molecular flexibility index (Phi) is 9.97. The van der Waals surface area contributed by atoms with Gasteiger partial charge in [0.15, 0.2) is 0 Å². The maximum Gasteiger partial charge on any atom is 0.387 e. The number of halogens is 2. The number of alkyl halides is 2. The highest BCUT2D eigenvalue weighted by molar-refractivity contribution is 5.65. The minimum atomic E-state index is -2.85. The van der Waals surface area contributed by atoms with Crippen LogP contribution in [-0.2, 0) is 22.4 Å². The van der Waals surface area contributed by atoms with Gasteiger partial charge in [0, 0.05) is 54.7 Å². The van der Waals surface area contributed by atoms with E-state index in [-0.39, 0.29) is 17.8 Å². The van der Waals surface area contributed by atoms with E-state index in [2.05, 4.69) is 40.7 Å². The predicted molar refractivity (Wildman–Crippen MR) is 130 cm³/mol. The van der Waals surface area contributed by atoms with Crippen molar-refractivity contribution in [3.8, 4) is 17.0 Å². The molecular weight excluding hydrogens is 456 g/mol. The summed E-state index contributed by atoms with van der Waals surface area (Å²) < 4.78 is 36.6. The highest BCUT2D eigenvalue weighted by Gasteiger charge is 2.23. The third-order valence-electron chi connectivity index (χ3n) is 6.12. The Morgan fingerprint density at radius 3 is 2.71 bits per heavy atom. The molecule has 10 heteroatoms. The smallest absolute Gasteiger partial charge is 0.387 e. The Balaban J connectivity index is 0.000000225. The molecule has 2 aromatic heterocycles. The van der Waals surface area contributed by atoms with Gasteiger partial charge in [0.05, 0.1) is 24.6 Å². The molecular formula is C25H37F2N5O3. The number of ether oxygens (including phenoxy) is 2. The maximum atomic E-state index is 12.4. The minimum Gasteiger partial charge on any atom is -0.433 e. The molecule has 2 aromatic rings. The molecule has 1 N–H and O–H groups in total. The summed E-state index contributed by atoms with van der Waals surface area (Å²) >= 11 is 0. The third kappa shape index (κ3) is 7.70. The van der Waals surface area contributed by atoms with E-state index in [1.54, 1.807) is 12.3 Å². The molecule has 1 fully saturated rings. The van der Waals surface area contributed by atoms with Gasteiger partial charge in [-0.25, -0.2) is 0 Å². The predicted octanol–water partition coefficient (Wildman–Crippen LogP) is 3.85. The molecule has 0 aromatic carbocycles. The summed E-state index contributed by atoms with van der Waals surface area (Å²) in [4.78, 5) is 16.5. The van der Waals surface area contributed by atoms with Crippen molar-refractivity contribution in [1.29, 1.82) is 0 Å². The number of carbonyl (C=O) groups excluding carboxylic acids is 1. The van der Waals surface area contributed by atoms with Crippen molar-refractivity contribution in [2.75, 3.05) is 26.2 Å². The number of fused-ring (bicyclic) bond motifs is 1. The van der Waals surface area contributed by atoms with Crippen molar-refractivity contribution in [2.45, 2.75) is 78.2 Å². The highest BCUT2D eigenvalue weighted by Crippen LogP contribution is 2.33. The normalized spacial score (nSPS) is 19.0. The Hall–Kier alpha value is -2.59. The molecule has 2 atom stereocenters. The Morgan fingerprint density at radius 2 is 2.03 bits per heavy atom. The van der Waals surface area contributed by atoms with Gasteiger partial charge in [0.1, 0.15) is 5.75 Å². The van der Waals surface area contributed by atoms with Crippen LogP contribution >= 0.6 is 0 Å². The van der Waals surface area contributed by atoms with E-state index >= 15 is 0 Å². The average Bonchev–Trinajstić information content (AvgIpc) is 3.20. The highest BCUT2D eigenvalue weighted by atomic mass is 19.3. The minimum absolute atomic E-state index is 0.0659. The number of nitrogens with one attached hydrogen (secondary N) is 1. The van der Waals surface area contributed by atoms with Crippen LogP contribution in [0, 0.1) is 0 Å². The Morgan fingerprint density at radius 1 is 1.26 bits per heavy atom. The standard InChI is InChI=1S/C16H19F2N3O.C9H18N2O2/c1-10(2)21-14-6-4-3-5-13(14)15(20-21)11-7-12(9-19-8-11)22-16(17)18;1-8(10-7-12)5-11-3-4-13-9(2)6-11/h7-10,16H,3-6H2,1-2H3;7-9H,3-6H2,1-2H3,(H,10,12). The number of pyridine rings is 1. The van der Waals surface area contributed by atoms with Crippen LogP contribution in [0.4, 0.5) is 8.78 Å². The first-order chi connectivity index (χ1) is 16.8. The molecule has 8 nitrogen and oxygen atoms in total. The van der Waals surface area contributed by atoms with Gasteiger partial charge in [-0.1, -0.05) is 0 Å². The molecule has 194 valence electrons. The molecule has 0 saturated carbocycles. The number of morpholine rings is 1. The van der Waals surface area contributed by atoms with Crippen molar-refractivity contribution in [3.63, 3.8) is 0 Å². The lowest BCUT2D eigenvalue weighted by Crippen LogP contribution is -2.46. The number of aromatic nitrogens is 3. The molecule has 0 spiro atoms. The van der Waals surface area contributed by atoms with E-state index < -0.39 is 6.61 Å². The van der Waals surface area contributed by atoms with E-state index in [4.69, 9.17) is 9.84 Å². The number of hydrogen-bond donors (Lipinski definition) is 1. The zero-order chi connectivity index (χ0) is 25.4. The average molecular weight is 494 g/mol. The molecule has 1 saturated heterocycles. The first-order valence-electron chi connectivity index (χ1n) is 12.3. The van der Waals surface area contributed by atoms with Crippen LogP contribution in [0.15, 0.2) is 18.5 Å². The van der Waals surface area contributed by atoms with E-state index in [1.807, 2.05) is 11.6 Å². The molecule has 1 aliphatic carbocycles. The van der Waals surface area contributed by atoms with E-state index in [1.165, 1.54) is 17.5 Å². The van der Waals surface area contributed by atoms with Gasteiger partial charge in [-0.2, -0.15) is 13.9 Å². The SMILES string of the molecule is CC(C)n1nc(-c2cncc(OC(F)F)c2)c2c1CCCC2.CC(CN1CCOC(C)C1)NC=O. The van der Waals surface area contributed by atoms with E-state index in [9.17, 15) is 13.6 Å². The summed E-state index contributed by atoms with van der Waals surface area (Å²) in [7, 11) is 0. The lowest BCUT2D eigenvalue weighted by Gasteiger charge is -2.32. The fraction of sp³-hybridized carbons (Fsp3) is 0.640. The first kappa shape index (κ1) is 27.0. The Bertz CT molecular complexity index is 953.